The number of likely N-dealkylation sites (tertiary alicyclic amines) is 2. The van der Waals surface area contributed by atoms with E-state index in [2.05, 4.69) is 25.7 Å². The molecule has 176 valence electrons. The molecule has 9 nitrogen and oxygen atoms in total. The molecule has 2 aromatic rings. The summed E-state index contributed by atoms with van der Waals surface area (Å²) in [6.07, 6.45) is 3.95. The monoisotopic (exact) mass is 490 g/mol. The molecule has 1 atom stereocenters. The fourth-order valence-corrected chi connectivity index (χ4v) is 4.95. The molecule has 2 saturated heterocycles. The molecule has 0 bridgehead atoms. The van der Waals surface area contributed by atoms with Gasteiger partial charge in [0.2, 0.25) is 15.9 Å². The van der Waals surface area contributed by atoms with Gasteiger partial charge in [0, 0.05) is 36.9 Å². The van der Waals surface area contributed by atoms with E-state index in [1.165, 1.54) is 12.8 Å². The third-order valence-corrected chi connectivity index (χ3v) is 7.07. The molecule has 0 aliphatic carbocycles. The minimum atomic E-state index is -0.442. The Morgan fingerprint density at radius 2 is 1.76 bits per heavy atom. The van der Waals surface area contributed by atoms with Gasteiger partial charge in [-0.3, -0.25) is 14.4 Å². The molecular weight excluding hydrogens is 464 g/mol. The molecule has 11 heteroatoms. The highest BCUT2D eigenvalue weighted by Gasteiger charge is 2.31. The van der Waals surface area contributed by atoms with E-state index in [0.29, 0.717) is 30.3 Å². The first-order chi connectivity index (χ1) is 16.0. The first kappa shape index (κ1) is 23.6. The van der Waals surface area contributed by atoms with Crippen molar-refractivity contribution < 1.29 is 14.4 Å². The van der Waals surface area contributed by atoms with Gasteiger partial charge in [-0.05, 0) is 63.0 Å². The highest BCUT2D eigenvalue weighted by molar-refractivity contribution is 7.15. The number of nitrogens with zero attached hydrogens (tertiary/aromatic N) is 4. The summed E-state index contributed by atoms with van der Waals surface area (Å²) in [5.41, 5.74) is 0.571. The quantitative estimate of drug-likeness (QED) is 0.617. The first-order valence-corrected chi connectivity index (χ1v) is 12.4. The Morgan fingerprint density at radius 1 is 1.03 bits per heavy atom. The van der Waals surface area contributed by atoms with Crippen LogP contribution in [0.5, 0.6) is 0 Å². The average molecular weight is 491 g/mol. The number of rotatable bonds is 7. The van der Waals surface area contributed by atoms with Crippen LogP contribution in [-0.4, -0.2) is 77.0 Å². The van der Waals surface area contributed by atoms with Crippen molar-refractivity contribution in [3.8, 4) is 0 Å². The Bertz CT molecular complexity index is 992. The second-order valence-corrected chi connectivity index (χ2v) is 9.72. The summed E-state index contributed by atoms with van der Waals surface area (Å²) < 4.78 is 0. The molecule has 2 N–H and O–H groups in total. The van der Waals surface area contributed by atoms with E-state index in [1.807, 2.05) is 0 Å². The number of carbonyl (C=O) groups is 3. The second-order valence-electron chi connectivity index (χ2n) is 8.30. The van der Waals surface area contributed by atoms with E-state index in [-0.39, 0.29) is 27.7 Å². The van der Waals surface area contributed by atoms with E-state index < -0.39 is 5.91 Å². The number of carbonyl (C=O) groups excluding carboxylic acids is 3. The SMILES string of the molecule is O=C(Nc1ccc(Cl)cc1)c1nnc(C(=O)N2CCC[C@@H](C(=O)NCCN3CCCC3)C2)s1. The van der Waals surface area contributed by atoms with Crippen LogP contribution in [0, 0.1) is 5.92 Å². The lowest BCUT2D eigenvalue weighted by Crippen LogP contribution is -2.46. The van der Waals surface area contributed by atoms with E-state index >= 15 is 0 Å². The van der Waals surface area contributed by atoms with Crippen LogP contribution in [0.1, 0.15) is 45.3 Å². The fourth-order valence-electron chi connectivity index (χ4n) is 4.12. The summed E-state index contributed by atoms with van der Waals surface area (Å²) >= 11 is 6.80. The Kier molecular flexibility index (Phi) is 7.89. The topological polar surface area (TPSA) is 108 Å². The number of piperidine rings is 1. The van der Waals surface area contributed by atoms with Crippen molar-refractivity contribution in [1.82, 2.24) is 25.3 Å². The van der Waals surface area contributed by atoms with Gasteiger partial charge in [0.05, 0.1) is 5.92 Å². The Balaban J connectivity index is 1.29. The Morgan fingerprint density at radius 3 is 2.52 bits per heavy atom. The first-order valence-electron chi connectivity index (χ1n) is 11.2. The number of anilines is 1. The zero-order valence-electron chi connectivity index (χ0n) is 18.3. The number of nitrogens with one attached hydrogen (secondary N) is 2. The molecule has 1 aromatic carbocycles. The maximum absolute atomic E-state index is 12.9. The zero-order valence-corrected chi connectivity index (χ0v) is 19.8. The number of hydrogen-bond acceptors (Lipinski definition) is 7. The van der Waals surface area contributed by atoms with Gasteiger partial charge in [-0.15, -0.1) is 10.2 Å². The number of aromatic nitrogens is 2. The lowest BCUT2D eigenvalue weighted by molar-refractivity contribution is -0.126. The molecule has 0 radical (unpaired) electrons. The van der Waals surface area contributed by atoms with Gasteiger partial charge >= 0.3 is 0 Å². The fraction of sp³-hybridized carbons (Fsp3) is 0.500. The highest BCUT2D eigenvalue weighted by atomic mass is 35.5. The highest BCUT2D eigenvalue weighted by Crippen LogP contribution is 2.21. The van der Waals surface area contributed by atoms with Crippen LogP contribution in [0.25, 0.3) is 0 Å². The van der Waals surface area contributed by atoms with E-state index in [9.17, 15) is 14.4 Å². The molecule has 0 spiro atoms. The maximum atomic E-state index is 12.9. The van der Waals surface area contributed by atoms with Crippen molar-refractivity contribution in [3.63, 3.8) is 0 Å². The standard InChI is InChI=1S/C22H27ClN6O3S/c23-16-5-7-17(8-6-16)25-19(31)20-26-27-21(33-20)22(32)29-12-3-4-15(14-29)18(30)24-9-13-28-10-1-2-11-28/h5-8,15H,1-4,9-14H2,(H,24,30)(H,25,31)/t15-/m1/s1. The number of amides is 3. The van der Waals surface area contributed by atoms with Crippen molar-refractivity contribution in [2.45, 2.75) is 25.7 Å². The van der Waals surface area contributed by atoms with Gasteiger partial charge < -0.3 is 20.4 Å². The molecule has 4 rings (SSSR count). The van der Waals surface area contributed by atoms with E-state index in [1.54, 1.807) is 29.2 Å². The van der Waals surface area contributed by atoms with Gasteiger partial charge in [-0.1, -0.05) is 22.9 Å². The van der Waals surface area contributed by atoms with Crippen LogP contribution in [0.2, 0.25) is 5.02 Å². The lowest BCUT2D eigenvalue weighted by atomic mass is 9.97. The van der Waals surface area contributed by atoms with Crippen LogP contribution < -0.4 is 10.6 Å². The van der Waals surface area contributed by atoms with E-state index in [4.69, 9.17) is 11.6 Å². The average Bonchev–Trinajstić information content (AvgIpc) is 3.53. The lowest BCUT2D eigenvalue weighted by Gasteiger charge is -2.31. The van der Waals surface area contributed by atoms with Crippen LogP contribution in [0.3, 0.4) is 0 Å². The summed E-state index contributed by atoms with van der Waals surface area (Å²) in [6, 6.07) is 6.69. The van der Waals surface area contributed by atoms with Gasteiger partial charge in [-0.25, -0.2) is 0 Å². The molecule has 2 aliphatic heterocycles. The summed E-state index contributed by atoms with van der Waals surface area (Å²) in [6.45, 7) is 4.60. The third kappa shape index (κ3) is 6.27. The van der Waals surface area contributed by atoms with Crippen molar-refractivity contribution >= 4 is 46.3 Å². The third-order valence-electron chi connectivity index (χ3n) is 5.91. The molecule has 3 amide bonds. The zero-order chi connectivity index (χ0) is 23.2. The molecule has 3 heterocycles. The smallest absolute Gasteiger partial charge is 0.286 e. The normalized spacial score (nSPS) is 18.8. The van der Waals surface area contributed by atoms with Gasteiger partial charge in [0.15, 0.2) is 0 Å². The van der Waals surface area contributed by atoms with Crippen LogP contribution in [-0.2, 0) is 4.79 Å². The van der Waals surface area contributed by atoms with Gasteiger partial charge in [0.1, 0.15) is 0 Å². The van der Waals surface area contributed by atoms with Crippen LogP contribution in [0.4, 0.5) is 5.69 Å². The second kappa shape index (κ2) is 11.0. The van der Waals surface area contributed by atoms with Gasteiger partial charge in [0.25, 0.3) is 11.8 Å². The van der Waals surface area contributed by atoms with Crippen molar-refractivity contribution in [2.75, 3.05) is 44.6 Å². The summed E-state index contributed by atoms with van der Waals surface area (Å²) in [4.78, 5) is 42.0. The molecule has 0 saturated carbocycles. The molecule has 33 heavy (non-hydrogen) atoms. The summed E-state index contributed by atoms with van der Waals surface area (Å²) in [7, 11) is 0. The molecule has 0 unspecified atom stereocenters. The molecule has 1 aromatic heterocycles. The van der Waals surface area contributed by atoms with E-state index in [0.717, 1.165) is 43.8 Å². The van der Waals surface area contributed by atoms with Crippen LogP contribution >= 0.6 is 22.9 Å². The Labute approximate surface area is 201 Å². The molecule has 2 aliphatic rings. The number of hydrogen-bond donors (Lipinski definition) is 2. The van der Waals surface area contributed by atoms with Crippen molar-refractivity contribution in [3.05, 3.63) is 39.3 Å². The minimum Gasteiger partial charge on any atom is -0.355 e. The Hall–Kier alpha value is -2.56. The number of benzene rings is 1. The predicted octanol–water partition coefficient (Wildman–Crippen LogP) is 2.51. The van der Waals surface area contributed by atoms with Crippen molar-refractivity contribution in [1.29, 1.82) is 0 Å². The molecule has 2 fully saturated rings. The van der Waals surface area contributed by atoms with Crippen molar-refractivity contribution in [2.24, 2.45) is 5.92 Å². The summed E-state index contributed by atoms with van der Waals surface area (Å²) in [5.74, 6) is -0.982. The van der Waals surface area contributed by atoms with Crippen LogP contribution in [0.15, 0.2) is 24.3 Å². The predicted molar refractivity (Wildman–Crippen MR) is 127 cm³/mol. The van der Waals surface area contributed by atoms with Gasteiger partial charge in [-0.2, -0.15) is 0 Å². The molecular formula is C22H27ClN6O3S. The largest absolute Gasteiger partial charge is 0.355 e. The maximum Gasteiger partial charge on any atom is 0.286 e. The summed E-state index contributed by atoms with van der Waals surface area (Å²) in [5, 5.41) is 14.3. The number of halogens is 1. The minimum absolute atomic E-state index is 0.00741.